The third-order valence-corrected chi connectivity index (χ3v) is 1.85. The summed E-state index contributed by atoms with van der Waals surface area (Å²) in [7, 11) is 0. The molecule has 2 nitrogen and oxygen atoms in total. The van der Waals surface area contributed by atoms with Crippen LogP contribution >= 0.6 is 0 Å². The second-order valence-corrected chi connectivity index (χ2v) is 2.85. The number of hydrogen-bond donors (Lipinski definition) is 1. The molecule has 2 N–H and O–H groups in total. The van der Waals surface area contributed by atoms with Crippen LogP contribution in [0.15, 0.2) is 24.3 Å². The molecular formula is C10H12NOY-. The number of aryl methyl sites for hydroxylation is 1. The summed E-state index contributed by atoms with van der Waals surface area (Å²) in [6.45, 7) is 2.01. The van der Waals surface area contributed by atoms with E-state index in [4.69, 9.17) is 5.73 Å². The Hall–Kier alpha value is -0.0461. The quantitative estimate of drug-likeness (QED) is 0.813. The average Bonchev–Trinajstić information content (AvgIpc) is 2.09. The standard InChI is InChI=1S/C10H12NO.Y/c1-8-4-2-3-5-9(8)6-10(11)7-12;/h2-5,10H,6,11H2,1H3;/q-1;. The number of benzene rings is 1. The van der Waals surface area contributed by atoms with Gasteiger partial charge in [0, 0.05) is 32.7 Å². The third kappa shape index (κ3) is 4.12. The maximum atomic E-state index is 10.2. The van der Waals surface area contributed by atoms with Crippen LogP contribution in [0.5, 0.6) is 0 Å². The summed E-state index contributed by atoms with van der Waals surface area (Å²) in [5.74, 6) is 0. The summed E-state index contributed by atoms with van der Waals surface area (Å²) < 4.78 is 0. The van der Waals surface area contributed by atoms with Crippen LogP contribution in [0.1, 0.15) is 11.1 Å². The number of hydrogen-bond acceptors (Lipinski definition) is 2. The summed E-state index contributed by atoms with van der Waals surface area (Å²) in [6, 6.07) is 7.40. The van der Waals surface area contributed by atoms with E-state index in [1.807, 2.05) is 31.2 Å². The van der Waals surface area contributed by atoms with Gasteiger partial charge in [-0.3, -0.25) is 0 Å². The SMILES string of the molecule is Cc1ccccc1CC(N)[C-]=O.[Y]. The van der Waals surface area contributed by atoms with E-state index in [2.05, 4.69) is 0 Å². The Morgan fingerprint density at radius 1 is 1.46 bits per heavy atom. The van der Waals surface area contributed by atoms with E-state index in [1.54, 1.807) is 6.29 Å². The van der Waals surface area contributed by atoms with Crippen LogP contribution in [-0.2, 0) is 43.9 Å². The molecule has 1 unspecified atom stereocenters. The van der Waals surface area contributed by atoms with Crippen molar-refractivity contribution in [1.82, 2.24) is 0 Å². The molecule has 13 heavy (non-hydrogen) atoms. The van der Waals surface area contributed by atoms with Gasteiger partial charge in [-0.05, 0) is 24.5 Å². The molecule has 0 spiro atoms. The Morgan fingerprint density at radius 2 is 2.08 bits per heavy atom. The minimum atomic E-state index is -0.494. The van der Waals surface area contributed by atoms with E-state index in [-0.39, 0.29) is 32.7 Å². The molecule has 3 heteroatoms. The van der Waals surface area contributed by atoms with E-state index in [0.29, 0.717) is 6.42 Å². The van der Waals surface area contributed by atoms with Gasteiger partial charge in [-0.15, -0.1) is 0 Å². The Kier molecular flexibility index (Phi) is 6.39. The fourth-order valence-electron chi connectivity index (χ4n) is 1.12. The topological polar surface area (TPSA) is 43.1 Å². The number of nitrogens with two attached hydrogens (primary N) is 1. The zero-order valence-corrected chi connectivity index (χ0v) is 10.5. The monoisotopic (exact) mass is 251 g/mol. The van der Waals surface area contributed by atoms with Crippen molar-refractivity contribution >= 4 is 6.29 Å². The fourth-order valence-corrected chi connectivity index (χ4v) is 1.12. The van der Waals surface area contributed by atoms with Gasteiger partial charge in [0.1, 0.15) is 0 Å². The fraction of sp³-hybridized carbons (Fsp3) is 0.300. The first-order chi connectivity index (χ1) is 5.74. The Morgan fingerprint density at radius 3 is 2.62 bits per heavy atom. The number of carbonyl (C=O) groups excluding carboxylic acids is 1. The zero-order chi connectivity index (χ0) is 8.97. The second-order valence-electron chi connectivity index (χ2n) is 2.85. The van der Waals surface area contributed by atoms with Crippen molar-refractivity contribution in [1.29, 1.82) is 0 Å². The molecule has 0 saturated heterocycles. The molecule has 0 heterocycles. The molecule has 1 aromatic rings. The van der Waals surface area contributed by atoms with Crippen LogP contribution in [0.4, 0.5) is 0 Å². The Labute approximate surface area is 104 Å². The van der Waals surface area contributed by atoms with E-state index in [0.717, 1.165) is 5.56 Å². The van der Waals surface area contributed by atoms with Crippen molar-refractivity contribution in [3.8, 4) is 0 Å². The van der Waals surface area contributed by atoms with Gasteiger partial charge in [0.25, 0.3) is 0 Å². The van der Waals surface area contributed by atoms with Gasteiger partial charge in [0.15, 0.2) is 0 Å². The summed E-state index contributed by atoms with van der Waals surface area (Å²) in [5, 5.41) is 0. The second kappa shape index (κ2) is 6.41. The van der Waals surface area contributed by atoms with E-state index >= 15 is 0 Å². The molecular weight excluding hydrogens is 239 g/mol. The van der Waals surface area contributed by atoms with Crippen molar-refractivity contribution in [2.75, 3.05) is 0 Å². The molecule has 0 aromatic heterocycles. The van der Waals surface area contributed by atoms with Crippen molar-refractivity contribution in [3.63, 3.8) is 0 Å². The summed E-state index contributed by atoms with van der Waals surface area (Å²) in [4.78, 5) is 10.2. The van der Waals surface area contributed by atoms with Gasteiger partial charge in [-0.2, -0.15) is 0 Å². The van der Waals surface area contributed by atoms with Crippen LogP contribution in [0.3, 0.4) is 0 Å². The van der Waals surface area contributed by atoms with E-state index in [1.165, 1.54) is 5.56 Å². The van der Waals surface area contributed by atoms with Gasteiger partial charge in [-0.1, -0.05) is 30.3 Å². The van der Waals surface area contributed by atoms with Crippen LogP contribution in [0, 0.1) is 6.92 Å². The van der Waals surface area contributed by atoms with Crippen molar-refractivity contribution in [2.24, 2.45) is 5.73 Å². The molecule has 1 radical (unpaired) electrons. The number of rotatable bonds is 3. The first-order valence-electron chi connectivity index (χ1n) is 3.92. The van der Waals surface area contributed by atoms with Gasteiger partial charge >= 0.3 is 0 Å². The molecule has 1 atom stereocenters. The molecule has 0 saturated carbocycles. The van der Waals surface area contributed by atoms with Crippen molar-refractivity contribution < 1.29 is 37.5 Å². The minimum Gasteiger partial charge on any atom is -0.540 e. The van der Waals surface area contributed by atoms with Gasteiger partial charge in [-0.25, -0.2) is 6.29 Å². The smallest absolute Gasteiger partial charge is 0 e. The molecule has 0 bridgehead atoms. The summed E-state index contributed by atoms with van der Waals surface area (Å²) in [5.41, 5.74) is 7.74. The van der Waals surface area contributed by atoms with Crippen LogP contribution < -0.4 is 5.73 Å². The largest absolute Gasteiger partial charge is 0.540 e. The normalized spacial score (nSPS) is 11.5. The molecule has 0 fully saturated rings. The molecule has 1 aromatic carbocycles. The van der Waals surface area contributed by atoms with Crippen LogP contribution in [0.2, 0.25) is 0 Å². The van der Waals surface area contributed by atoms with Crippen LogP contribution in [0.25, 0.3) is 0 Å². The van der Waals surface area contributed by atoms with Gasteiger partial charge in [0.2, 0.25) is 0 Å². The summed E-state index contributed by atoms with van der Waals surface area (Å²) in [6.07, 6.45) is 2.35. The third-order valence-electron chi connectivity index (χ3n) is 1.85. The maximum Gasteiger partial charge on any atom is 0 e. The van der Waals surface area contributed by atoms with Crippen LogP contribution in [-0.4, -0.2) is 12.3 Å². The van der Waals surface area contributed by atoms with E-state index < -0.39 is 6.04 Å². The first kappa shape index (κ1) is 13.0. The van der Waals surface area contributed by atoms with Gasteiger partial charge < -0.3 is 10.5 Å². The Balaban J connectivity index is 0.00000144. The molecule has 67 valence electrons. The zero-order valence-electron chi connectivity index (χ0n) is 7.66. The predicted octanol–water partition coefficient (Wildman–Crippen LogP) is 0.972. The molecule has 0 aliphatic rings. The maximum absolute atomic E-state index is 10.2. The first-order valence-corrected chi connectivity index (χ1v) is 3.92. The molecule has 0 amide bonds. The minimum absolute atomic E-state index is 0. The predicted molar refractivity (Wildman–Crippen MR) is 48.6 cm³/mol. The van der Waals surface area contributed by atoms with Gasteiger partial charge in [0.05, 0.1) is 0 Å². The van der Waals surface area contributed by atoms with Crippen molar-refractivity contribution in [3.05, 3.63) is 35.4 Å². The van der Waals surface area contributed by atoms with E-state index in [9.17, 15) is 4.79 Å². The summed E-state index contributed by atoms with van der Waals surface area (Å²) >= 11 is 0. The van der Waals surface area contributed by atoms with Crippen molar-refractivity contribution in [2.45, 2.75) is 19.4 Å². The molecule has 0 aliphatic heterocycles. The molecule has 1 rings (SSSR count). The Bertz CT molecular complexity index is 275. The average molecular weight is 251 g/mol. The molecule has 0 aliphatic carbocycles.